The van der Waals surface area contributed by atoms with Gasteiger partial charge in [0.25, 0.3) is 5.91 Å². The summed E-state index contributed by atoms with van der Waals surface area (Å²) >= 11 is 0. The van der Waals surface area contributed by atoms with Crippen molar-refractivity contribution in [3.8, 4) is 11.5 Å². The van der Waals surface area contributed by atoms with Crippen molar-refractivity contribution in [1.82, 2.24) is 9.80 Å². The second-order valence-corrected chi connectivity index (χ2v) is 8.43. The highest BCUT2D eigenvalue weighted by molar-refractivity contribution is 5.95. The van der Waals surface area contributed by atoms with Crippen molar-refractivity contribution in [3.63, 3.8) is 0 Å². The van der Waals surface area contributed by atoms with Crippen LogP contribution in [0.1, 0.15) is 35.3 Å². The molecule has 0 saturated carbocycles. The summed E-state index contributed by atoms with van der Waals surface area (Å²) in [5.74, 6) is 1.71. The quantitative estimate of drug-likeness (QED) is 0.615. The van der Waals surface area contributed by atoms with E-state index in [4.69, 9.17) is 9.47 Å². The maximum Gasteiger partial charge on any atom is 0.253 e. The Morgan fingerprint density at radius 2 is 1.62 bits per heavy atom. The number of piperazine rings is 1. The van der Waals surface area contributed by atoms with Crippen LogP contribution in [0.5, 0.6) is 11.5 Å². The monoisotopic (exact) mass is 436 g/mol. The smallest absolute Gasteiger partial charge is 0.253 e. The number of aryl methyl sites for hydroxylation is 1. The molecule has 0 bridgehead atoms. The highest BCUT2D eigenvalue weighted by atomic mass is 16.5. The summed E-state index contributed by atoms with van der Waals surface area (Å²) in [7, 11) is 1.60. The van der Waals surface area contributed by atoms with Crippen LogP contribution in [0.4, 0.5) is 0 Å². The lowest BCUT2D eigenvalue weighted by atomic mass is 10.1. The van der Waals surface area contributed by atoms with E-state index in [-0.39, 0.29) is 11.8 Å². The van der Waals surface area contributed by atoms with E-state index in [1.807, 2.05) is 49.4 Å². The molecule has 6 heteroatoms. The highest BCUT2D eigenvalue weighted by Gasteiger charge is 2.23. The maximum atomic E-state index is 12.7. The van der Waals surface area contributed by atoms with Crippen molar-refractivity contribution < 1.29 is 19.1 Å². The van der Waals surface area contributed by atoms with Crippen molar-refractivity contribution in [1.29, 1.82) is 0 Å². The van der Waals surface area contributed by atoms with Gasteiger partial charge in [-0.3, -0.25) is 9.59 Å². The van der Waals surface area contributed by atoms with Gasteiger partial charge in [-0.1, -0.05) is 37.6 Å². The summed E-state index contributed by atoms with van der Waals surface area (Å²) in [5.41, 5.74) is 2.67. The van der Waals surface area contributed by atoms with Gasteiger partial charge in [0.05, 0.1) is 13.7 Å². The first-order valence-electron chi connectivity index (χ1n) is 11.0. The van der Waals surface area contributed by atoms with E-state index < -0.39 is 0 Å². The molecule has 2 amide bonds. The van der Waals surface area contributed by atoms with Gasteiger partial charge in [-0.2, -0.15) is 0 Å². The summed E-state index contributed by atoms with van der Waals surface area (Å²) in [4.78, 5) is 28.9. The average Bonchev–Trinajstić information content (AvgIpc) is 2.81. The number of rotatable bonds is 7. The Balaban J connectivity index is 1.55. The molecule has 1 saturated heterocycles. The molecule has 1 aliphatic rings. The van der Waals surface area contributed by atoms with E-state index >= 15 is 0 Å². The number of carbonyl (C=O) groups is 2. The molecule has 0 spiro atoms. The molecule has 1 aliphatic heterocycles. The molecule has 170 valence electrons. The topological polar surface area (TPSA) is 59.1 Å². The minimum atomic E-state index is -0.0634. The minimum Gasteiger partial charge on any atom is -0.493 e. The first-order chi connectivity index (χ1) is 15.4. The molecule has 3 rings (SSSR count). The fourth-order valence-electron chi connectivity index (χ4n) is 3.45. The third-order valence-corrected chi connectivity index (χ3v) is 5.36. The molecule has 6 nitrogen and oxygen atoms in total. The predicted molar refractivity (Wildman–Crippen MR) is 126 cm³/mol. The Hall–Kier alpha value is -3.28. The Morgan fingerprint density at radius 3 is 2.25 bits per heavy atom. The SMILES string of the molecule is COc1cc(/C=C/C(=O)N2CCN(C(=O)c3ccc(C)cc3)CC2)ccc1OCC(C)C. The highest BCUT2D eigenvalue weighted by Crippen LogP contribution is 2.29. The van der Waals surface area contributed by atoms with Gasteiger partial charge in [-0.05, 0) is 48.7 Å². The fourth-order valence-corrected chi connectivity index (χ4v) is 3.45. The molecule has 2 aromatic rings. The van der Waals surface area contributed by atoms with Crippen molar-refractivity contribution in [2.75, 3.05) is 39.9 Å². The van der Waals surface area contributed by atoms with Crippen LogP contribution in [-0.2, 0) is 4.79 Å². The number of hydrogen-bond acceptors (Lipinski definition) is 4. The van der Waals surface area contributed by atoms with Crippen molar-refractivity contribution in [3.05, 3.63) is 65.2 Å². The number of hydrogen-bond donors (Lipinski definition) is 0. The average molecular weight is 437 g/mol. The Labute approximate surface area is 190 Å². The number of ether oxygens (including phenoxy) is 2. The van der Waals surface area contributed by atoms with Crippen LogP contribution in [-0.4, -0.2) is 61.5 Å². The summed E-state index contributed by atoms with van der Waals surface area (Å²) < 4.78 is 11.2. The van der Waals surface area contributed by atoms with Crippen molar-refractivity contribution in [2.45, 2.75) is 20.8 Å². The van der Waals surface area contributed by atoms with E-state index in [2.05, 4.69) is 13.8 Å². The fraction of sp³-hybridized carbons (Fsp3) is 0.385. The molecular formula is C26H32N2O4. The van der Waals surface area contributed by atoms with Crippen LogP contribution in [0.2, 0.25) is 0 Å². The standard InChI is InChI=1S/C26H32N2O4/c1-19(2)18-32-23-11-7-21(17-24(23)31-4)8-12-25(29)27-13-15-28(16-14-27)26(30)22-9-5-20(3)6-10-22/h5-12,17,19H,13-16,18H2,1-4H3/b12-8+. The molecule has 32 heavy (non-hydrogen) atoms. The number of nitrogens with zero attached hydrogens (tertiary/aromatic N) is 2. The summed E-state index contributed by atoms with van der Waals surface area (Å²) in [5, 5.41) is 0. The van der Waals surface area contributed by atoms with Gasteiger partial charge in [-0.25, -0.2) is 0 Å². The summed E-state index contributed by atoms with van der Waals surface area (Å²) in [6.45, 7) is 8.89. The molecule has 2 aromatic carbocycles. The van der Waals surface area contributed by atoms with Gasteiger partial charge in [0.2, 0.25) is 5.91 Å². The van der Waals surface area contributed by atoms with Gasteiger partial charge in [0.1, 0.15) is 0 Å². The lowest BCUT2D eigenvalue weighted by Gasteiger charge is -2.34. The molecule has 0 N–H and O–H groups in total. The molecule has 0 aromatic heterocycles. The largest absolute Gasteiger partial charge is 0.493 e. The van der Waals surface area contributed by atoms with E-state index in [9.17, 15) is 9.59 Å². The third kappa shape index (κ3) is 6.13. The number of benzene rings is 2. The van der Waals surface area contributed by atoms with Crippen LogP contribution < -0.4 is 9.47 Å². The minimum absolute atomic E-state index is 0.0134. The van der Waals surface area contributed by atoms with Crippen molar-refractivity contribution in [2.24, 2.45) is 5.92 Å². The second-order valence-electron chi connectivity index (χ2n) is 8.43. The molecule has 0 radical (unpaired) electrons. The zero-order valence-corrected chi connectivity index (χ0v) is 19.3. The second kappa shape index (κ2) is 10.8. The zero-order chi connectivity index (χ0) is 23.1. The zero-order valence-electron chi connectivity index (χ0n) is 19.3. The number of carbonyl (C=O) groups excluding carboxylic acids is 2. The van der Waals surface area contributed by atoms with E-state index in [1.54, 1.807) is 29.1 Å². The predicted octanol–water partition coefficient (Wildman–Crippen LogP) is 4.04. The molecule has 1 heterocycles. The van der Waals surface area contributed by atoms with Crippen LogP contribution >= 0.6 is 0 Å². The van der Waals surface area contributed by atoms with Gasteiger partial charge in [0, 0.05) is 37.8 Å². The van der Waals surface area contributed by atoms with Crippen LogP contribution in [0.15, 0.2) is 48.5 Å². The van der Waals surface area contributed by atoms with Crippen LogP contribution in [0, 0.1) is 12.8 Å². The maximum absolute atomic E-state index is 12.7. The first kappa shape index (κ1) is 23.4. The van der Waals surface area contributed by atoms with Crippen LogP contribution in [0.25, 0.3) is 6.08 Å². The third-order valence-electron chi connectivity index (χ3n) is 5.36. The Morgan fingerprint density at radius 1 is 0.969 bits per heavy atom. The van der Waals surface area contributed by atoms with E-state index in [0.29, 0.717) is 55.8 Å². The Kier molecular flexibility index (Phi) is 7.92. The molecule has 0 aliphatic carbocycles. The molecule has 0 unspecified atom stereocenters. The van der Waals surface area contributed by atoms with Crippen molar-refractivity contribution >= 4 is 17.9 Å². The summed E-state index contributed by atoms with van der Waals surface area (Å²) in [6, 6.07) is 13.2. The lowest BCUT2D eigenvalue weighted by Crippen LogP contribution is -2.50. The van der Waals surface area contributed by atoms with Crippen LogP contribution in [0.3, 0.4) is 0 Å². The van der Waals surface area contributed by atoms with Gasteiger partial charge in [-0.15, -0.1) is 0 Å². The normalized spacial score (nSPS) is 14.2. The van der Waals surface area contributed by atoms with Gasteiger partial charge >= 0.3 is 0 Å². The van der Waals surface area contributed by atoms with Gasteiger partial charge in [0.15, 0.2) is 11.5 Å². The van der Waals surface area contributed by atoms with E-state index in [1.165, 1.54) is 0 Å². The Bertz CT molecular complexity index is 958. The molecular weight excluding hydrogens is 404 g/mol. The molecule has 1 fully saturated rings. The summed E-state index contributed by atoms with van der Waals surface area (Å²) in [6.07, 6.45) is 3.35. The lowest BCUT2D eigenvalue weighted by molar-refractivity contribution is -0.127. The van der Waals surface area contributed by atoms with E-state index in [0.717, 1.165) is 11.1 Å². The number of amides is 2. The first-order valence-corrected chi connectivity index (χ1v) is 11.0. The molecule has 0 atom stereocenters. The number of methoxy groups -OCH3 is 1. The van der Waals surface area contributed by atoms with Gasteiger partial charge < -0.3 is 19.3 Å².